The highest BCUT2D eigenvalue weighted by Crippen LogP contribution is 2.39. The molecule has 0 aromatic carbocycles. The van der Waals surface area contributed by atoms with Gasteiger partial charge >= 0.3 is 0 Å². The molecule has 5 heteroatoms. The van der Waals surface area contributed by atoms with Crippen molar-refractivity contribution in [1.29, 1.82) is 0 Å². The van der Waals surface area contributed by atoms with E-state index in [1.165, 1.54) is 6.42 Å². The zero-order valence-corrected chi connectivity index (χ0v) is 9.22. The van der Waals surface area contributed by atoms with E-state index in [1.807, 2.05) is 0 Å². The van der Waals surface area contributed by atoms with E-state index in [0.717, 1.165) is 38.7 Å². The van der Waals surface area contributed by atoms with Gasteiger partial charge in [-0.15, -0.1) is 0 Å². The van der Waals surface area contributed by atoms with Crippen LogP contribution in [0.4, 0.5) is 11.8 Å². The van der Waals surface area contributed by atoms with E-state index >= 15 is 0 Å². The summed E-state index contributed by atoms with van der Waals surface area (Å²) in [4.78, 5) is 10.7. The highest BCUT2D eigenvalue weighted by molar-refractivity contribution is 5.39. The quantitative estimate of drug-likeness (QED) is 0.753. The molecule has 0 unspecified atom stereocenters. The van der Waals surface area contributed by atoms with Gasteiger partial charge in [0.25, 0.3) is 0 Å². The third kappa shape index (κ3) is 1.61. The van der Waals surface area contributed by atoms with Crippen LogP contribution in [0.1, 0.15) is 12.8 Å². The fraction of sp³-hybridized carbons (Fsp3) is 0.636. The van der Waals surface area contributed by atoms with Gasteiger partial charge in [-0.3, -0.25) is 0 Å². The summed E-state index contributed by atoms with van der Waals surface area (Å²) in [6, 6.07) is 1.72. The van der Waals surface area contributed by atoms with Crippen LogP contribution in [0.2, 0.25) is 0 Å². The maximum atomic E-state index is 5.67. The highest BCUT2D eigenvalue weighted by Gasteiger charge is 2.41. The molecule has 5 nitrogen and oxygen atoms in total. The van der Waals surface area contributed by atoms with Crippen LogP contribution in [-0.4, -0.2) is 36.3 Å². The van der Waals surface area contributed by atoms with E-state index in [-0.39, 0.29) is 0 Å². The number of hydrogen-bond acceptors (Lipinski definition) is 5. The molecule has 0 amide bonds. The van der Waals surface area contributed by atoms with Gasteiger partial charge in [0.05, 0.1) is 6.61 Å². The minimum atomic E-state index is 0.341. The molecule has 2 saturated heterocycles. The monoisotopic (exact) mass is 220 g/mol. The lowest BCUT2D eigenvalue weighted by molar-refractivity contribution is 0.160. The first-order valence-electron chi connectivity index (χ1n) is 5.69. The Morgan fingerprint density at radius 1 is 1.44 bits per heavy atom. The Kier molecular flexibility index (Phi) is 2.21. The Labute approximate surface area is 94.6 Å². The van der Waals surface area contributed by atoms with Crippen LogP contribution in [0.5, 0.6) is 0 Å². The van der Waals surface area contributed by atoms with E-state index in [9.17, 15) is 0 Å². The summed E-state index contributed by atoms with van der Waals surface area (Å²) < 4.78 is 5.50. The van der Waals surface area contributed by atoms with E-state index in [2.05, 4.69) is 14.9 Å². The molecule has 2 aliphatic rings. The first-order valence-corrected chi connectivity index (χ1v) is 5.69. The van der Waals surface area contributed by atoms with Gasteiger partial charge in [0, 0.05) is 31.3 Å². The minimum absolute atomic E-state index is 0.341. The zero-order valence-electron chi connectivity index (χ0n) is 9.22. The summed E-state index contributed by atoms with van der Waals surface area (Å²) in [6.07, 6.45) is 4.05. The molecule has 0 aliphatic carbocycles. The molecule has 86 valence electrons. The summed E-state index contributed by atoms with van der Waals surface area (Å²) in [6.45, 7) is 3.78. The molecular formula is C11H16N4O. The van der Waals surface area contributed by atoms with Crippen molar-refractivity contribution in [1.82, 2.24) is 9.97 Å². The Balaban J connectivity index is 1.78. The van der Waals surface area contributed by atoms with Gasteiger partial charge < -0.3 is 15.4 Å². The molecule has 1 atom stereocenters. The Morgan fingerprint density at radius 3 is 3.12 bits per heavy atom. The second-order valence-corrected chi connectivity index (χ2v) is 4.76. The fourth-order valence-electron chi connectivity index (χ4n) is 2.59. The van der Waals surface area contributed by atoms with E-state index < -0.39 is 0 Å². The van der Waals surface area contributed by atoms with Crippen molar-refractivity contribution < 1.29 is 4.74 Å². The molecule has 2 fully saturated rings. The van der Waals surface area contributed by atoms with E-state index in [0.29, 0.717) is 11.2 Å². The van der Waals surface area contributed by atoms with Gasteiger partial charge in [-0.25, -0.2) is 4.98 Å². The molecule has 16 heavy (non-hydrogen) atoms. The van der Waals surface area contributed by atoms with E-state index in [4.69, 9.17) is 10.5 Å². The Morgan fingerprint density at radius 2 is 2.38 bits per heavy atom. The molecular weight excluding hydrogens is 204 g/mol. The third-order valence-corrected chi connectivity index (χ3v) is 3.57. The van der Waals surface area contributed by atoms with Crippen LogP contribution in [0, 0.1) is 5.41 Å². The maximum Gasteiger partial charge on any atom is 0.227 e. The second-order valence-electron chi connectivity index (χ2n) is 4.76. The van der Waals surface area contributed by atoms with Crippen molar-refractivity contribution in [3.63, 3.8) is 0 Å². The van der Waals surface area contributed by atoms with Crippen LogP contribution < -0.4 is 10.6 Å². The summed E-state index contributed by atoms with van der Waals surface area (Å²) in [5.74, 6) is 1.29. The molecule has 2 N–H and O–H groups in total. The van der Waals surface area contributed by atoms with Gasteiger partial charge in [-0.2, -0.15) is 4.98 Å². The van der Waals surface area contributed by atoms with Gasteiger partial charge in [-0.1, -0.05) is 0 Å². The summed E-state index contributed by atoms with van der Waals surface area (Å²) in [7, 11) is 0. The highest BCUT2D eigenvalue weighted by atomic mass is 16.5. The third-order valence-electron chi connectivity index (χ3n) is 3.57. The van der Waals surface area contributed by atoms with Crippen molar-refractivity contribution in [2.24, 2.45) is 5.41 Å². The Hall–Kier alpha value is -1.36. The second kappa shape index (κ2) is 3.59. The largest absolute Gasteiger partial charge is 0.384 e. The van der Waals surface area contributed by atoms with Gasteiger partial charge in [0.1, 0.15) is 5.82 Å². The molecule has 3 rings (SSSR count). The molecule has 1 aromatic rings. The van der Waals surface area contributed by atoms with Crippen LogP contribution >= 0.6 is 0 Å². The van der Waals surface area contributed by atoms with Gasteiger partial charge in [-0.05, 0) is 18.9 Å². The van der Waals surface area contributed by atoms with Crippen molar-refractivity contribution in [2.45, 2.75) is 12.8 Å². The maximum absolute atomic E-state index is 5.67. The predicted octanol–water partition coefficient (Wildman–Crippen LogP) is 0.676. The number of nitrogen functional groups attached to an aromatic ring is 1. The topological polar surface area (TPSA) is 64.3 Å². The summed E-state index contributed by atoms with van der Waals surface area (Å²) in [5, 5.41) is 0. The van der Waals surface area contributed by atoms with Crippen LogP contribution in [0.25, 0.3) is 0 Å². The smallest absolute Gasteiger partial charge is 0.227 e. The van der Waals surface area contributed by atoms with Crippen LogP contribution in [0.15, 0.2) is 12.3 Å². The molecule has 1 spiro atoms. The Bertz CT molecular complexity index is 389. The number of rotatable bonds is 1. The molecule has 3 heterocycles. The molecule has 0 radical (unpaired) electrons. The molecule has 0 bridgehead atoms. The first-order chi connectivity index (χ1) is 7.77. The lowest BCUT2D eigenvalue weighted by atomic mass is 9.87. The molecule has 0 saturated carbocycles. The number of ether oxygens (including phenoxy) is 1. The number of anilines is 2. The van der Waals surface area contributed by atoms with Crippen LogP contribution in [-0.2, 0) is 4.74 Å². The number of hydrogen-bond donors (Lipinski definition) is 1. The molecule has 1 aromatic heterocycles. The molecule has 2 aliphatic heterocycles. The average molecular weight is 220 g/mol. The number of aromatic nitrogens is 2. The zero-order chi connectivity index (χ0) is 11.0. The van der Waals surface area contributed by atoms with Crippen molar-refractivity contribution >= 4 is 11.8 Å². The van der Waals surface area contributed by atoms with Gasteiger partial charge in [0.15, 0.2) is 0 Å². The lowest BCUT2D eigenvalue weighted by Gasteiger charge is -2.21. The number of nitrogens with two attached hydrogens (primary N) is 1. The van der Waals surface area contributed by atoms with Crippen LogP contribution in [0.3, 0.4) is 0 Å². The normalized spacial score (nSPS) is 29.1. The predicted molar refractivity (Wildman–Crippen MR) is 61.1 cm³/mol. The van der Waals surface area contributed by atoms with E-state index in [1.54, 1.807) is 12.3 Å². The summed E-state index contributed by atoms with van der Waals surface area (Å²) >= 11 is 0. The van der Waals surface area contributed by atoms with Crippen molar-refractivity contribution in [2.75, 3.05) is 36.9 Å². The number of nitrogens with zero attached hydrogens (tertiary/aromatic N) is 3. The first kappa shape index (κ1) is 9.84. The summed E-state index contributed by atoms with van der Waals surface area (Å²) in [5.41, 5.74) is 6.01. The minimum Gasteiger partial charge on any atom is -0.384 e. The van der Waals surface area contributed by atoms with Gasteiger partial charge in [0.2, 0.25) is 5.95 Å². The SMILES string of the molecule is Nc1ccnc(N2CC[C@@]3(CCOC3)C2)n1. The fourth-order valence-corrected chi connectivity index (χ4v) is 2.59. The van der Waals surface area contributed by atoms with Crippen molar-refractivity contribution in [3.8, 4) is 0 Å². The van der Waals surface area contributed by atoms with Crippen molar-refractivity contribution in [3.05, 3.63) is 12.3 Å². The average Bonchev–Trinajstić information content (AvgIpc) is 2.90. The lowest BCUT2D eigenvalue weighted by Crippen LogP contribution is -2.28. The standard InChI is InChI=1S/C11H16N4O/c12-9-1-4-13-10(14-9)15-5-2-11(7-15)3-6-16-8-11/h1,4H,2-3,5-8H2,(H2,12,13,14)/t11-/m1/s1.